The second-order valence-corrected chi connectivity index (χ2v) is 5.28. The molecule has 4 nitrogen and oxygen atoms in total. The highest BCUT2D eigenvalue weighted by atomic mass is 35.5. The van der Waals surface area contributed by atoms with Gasteiger partial charge in [0.2, 0.25) is 0 Å². The molecule has 0 heterocycles. The molecule has 0 amide bonds. The van der Waals surface area contributed by atoms with Crippen LogP contribution >= 0.6 is 11.6 Å². The monoisotopic (exact) mass is 272 g/mol. The number of carboxylic acids is 1. The Morgan fingerprint density at radius 2 is 2.06 bits per heavy atom. The van der Waals surface area contributed by atoms with Crippen molar-refractivity contribution in [2.75, 3.05) is 7.11 Å². The van der Waals surface area contributed by atoms with Crippen LogP contribution in [-0.4, -0.2) is 23.3 Å². The van der Waals surface area contributed by atoms with Crippen molar-refractivity contribution in [3.8, 4) is 11.5 Å². The summed E-state index contributed by atoms with van der Waals surface area (Å²) < 4.78 is 5.02. The summed E-state index contributed by atoms with van der Waals surface area (Å²) in [7, 11) is 1.41. The molecule has 18 heavy (non-hydrogen) atoms. The summed E-state index contributed by atoms with van der Waals surface area (Å²) in [5.74, 6) is -0.764. The van der Waals surface area contributed by atoms with Gasteiger partial charge in [0.15, 0.2) is 11.5 Å². The van der Waals surface area contributed by atoms with E-state index in [1.807, 2.05) is 0 Å². The topological polar surface area (TPSA) is 66.8 Å². The van der Waals surface area contributed by atoms with Gasteiger partial charge in [-0.1, -0.05) is 11.6 Å². The second kappa shape index (κ2) is 5.06. The van der Waals surface area contributed by atoms with Gasteiger partial charge in [-0.05, 0) is 44.4 Å². The van der Waals surface area contributed by atoms with Gasteiger partial charge in [0.1, 0.15) is 0 Å². The lowest BCUT2D eigenvalue weighted by Crippen LogP contribution is -2.26. The van der Waals surface area contributed by atoms with E-state index in [1.54, 1.807) is 20.8 Å². The summed E-state index contributed by atoms with van der Waals surface area (Å²) in [4.78, 5) is 11.1. The van der Waals surface area contributed by atoms with Gasteiger partial charge in [-0.15, -0.1) is 0 Å². The first-order valence-corrected chi connectivity index (χ1v) is 5.87. The molecule has 0 spiro atoms. The Balaban J connectivity index is 3.30. The van der Waals surface area contributed by atoms with E-state index in [9.17, 15) is 9.90 Å². The van der Waals surface area contributed by atoms with E-state index in [2.05, 4.69) is 0 Å². The Labute approximate surface area is 111 Å². The zero-order valence-corrected chi connectivity index (χ0v) is 11.6. The van der Waals surface area contributed by atoms with Crippen molar-refractivity contribution in [1.29, 1.82) is 0 Å². The van der Waals surface area contributed by atoms with Gasteiger partial charge in [-0.2, -0.15) is 0 Å². The first-order valence-electron chi connectivity index (χ1n) is 5.49. The third kappa shape index (κ3) is 2.70. The number of rotatable bonds is 4. The van der Waals surface area contributed by atoms with E-state index in [4.69, 9.17) is 21.4 Å². The van der Waals surface area contributed by atoms with Crippen LogP contribution in [0.4, 0.5) is 0 Å². The molecule has 0 aliphatic carbocycles. The third-order valence-electron chi connectivity index (χ3n) is 2.93. The van der Waals surface area contributed by atoms with E-state index in [1.165, 1.54) is 13.2 Å². The Morgan fingerprint density at radius 3 is 2.50 bits per heavy atom. The molecule has 0 saturated carbocycles. The van der Waals surface area contributed by atoms with E-state index in [-0.39, 0.29) is 22.9 Å². The molecule has 2 N–H and O–H groups in total. The highest BCUT2D eigenvalue weighted by molar-refractivity contribution is 6.33. The molecule has 0 radical (unpaired) electrons. The highest BCUT2D eigenvalue weighted by Gasteiger charge is 2.30. The number of aliphatic carboxylic acids is 1. The summed E-state index contributed by atoms with van der Waals surface area (Å²) in [6.07, 6.45) is 0.267. The second-order valence-electron chi connectivity index (χ2n) is 4.90. The predicted octanol–water partition coefficient (Wildman–Crippen LogP) is 3.02. The SMILES string of the molecule is COc1c(O)cc(C)c(CC(C)(C)C(=O)O)c1Cl. The molecule has 0 unspecified atom stereocenters. The molecule has 0 atom stereocenters. The predicted molar refractivity (Wildman–Crippen MR) is 69.5 cm³/mol. The number of carbonyl (C=O) groups is 1. The average molecular weight is 273 g/mol. The van der Waals surface area contributed by atoms with E-state index in [0.717, 1.165) is 5.56 Å². The Bertz CT molecular complexity index is 480. The maximum atomic E-state index is 11.1. The summed E-state index contributed by atoms with van der Waals surface area (Å²) >= 11 is 6.15. The van der Waals surface area contributed by atoms with E-state index < -0.39 is 11.4 Å². The fourth-order valence-electron chi connectivity index (χ4n) is 1.71. The van der Waals surface area contributed by atoms with Crippen LogP contribution in [0.1, 0.15) is 25.0 Å². The Hall–Kier alpha value is -1.42. The number of methoxy groups -OCH3 is 1. The van der Waals surface area contributed by atoms with Crippen molar-refractivity contribution in [3.63, 3.8) is 0 Å². The zero-order valence-electron chi connectivity index (χ0n) is 10.9. The maximum absolute atomic E-state index is 11.1. The lowest BCUT2D eigenvalue weighted by atomic mass is 9.84. The third-order valence-corrected chi connectivity index (χ3v) is 3.33. The van der Waals surface area contributed by atoms with Crippen LogP contribution in [0.15, 0.2) is 6.07 Å². The number of ether oxygens (including phenoxy) is 1. The Kier molecular flexibility index (Phi) is 4.12. The molecule has 5 heteroatoms. The number of halogens is 1. The number of hydrogen-bond acceptors (Lipinski definition) is 3. The lowest BCUT2D eigenvalue weighted by molar-refractivity contribution is -0.146. The molecular formula is C13H17ClO4. The van der Waals surface area contributed by atoms with Crippen LogP contribution in [0.5, 0.6) is 11.5 Å². The molecule has 0 fully saturated rings. The highest BCUT2D eigenvalue weighted by Crippen LogP contribution is 2.41. The van der Waals surface area contributed by atoms with Crippen molar-refractivity contribution >= 4 is 17.6 Å². The summed E-state index contributed by atoms with van der Waals surface area (Å²) in [6, 6.07) is 1.53. The minimum atomic E-state index is -0.934. The minimum absolute atomic E-state index is 0.0446. The molecule has 0 saturated heterocycles. The number of aromatic hydroxyl groups is 1. The molecule has 0 aliphatic rings. The number of phenols is 1. The minimum Gasteiger partial charge on any atom is -0.504 e. The Morgan fingerprint density at radius 1 is 1.50 bits per heavy atom. The first kappa shape index (κ1) is 14.6. The molecule has 0 aromatic heterocycles. The first-order chi connectivity index (χ1) is 8.20. The van der Waals surface area contributed by atoms with Gasteiger partial charge >= 0.3 is 5.97 Å². The van der Waals surface area contributed by atoms with Crippen LogP contribution in [0.3, 0.4) is 0 Å². The summed E-state index contributed by atoms with van der Waals surface area (Å²) in [6.45, 7) is 5.03. The van der Waals surface area contributed by atoms with Crippen LogP contribution in [0.2, 0.25) is 5.02 Å². The van der Waals surface area contributed by atoms with Crippen LogP contribution in [0.25, 0.3) is 0 Å². The van der Waals surface area contributed by atoms with Gasteiger partial charge < -0.3 is 14.9 Å². The fraction of sp³-hybridized carbons (Fsp3) is 0.462. The number of aryl methyl sites for hydroxylation is 1. The molecule has 0 aliphatic heterocycles. The standard InChI is InChI=1S/C13H17ClO4/c1-7-5-9(15)11(18-4)10(14)8(7)6-13(2,3)12(16)17/h5,15H,6H2,1-4H3,(H,16,17). The lowest BCUT2D eigenvalue weighted by Gasteiger charge is -2.22. The largest absolute Gasteiger partial charge is 0.504 e. The molecule has 1 aromatic carbocycles. The summed E-state index contributed by atoms with van der Waals surface area (Å²) in [5.41, 5.74) is 0.488. The molecule has 1 aromatic rings. The van der Waals surface area contributed by atoms with E-state index >= 15 is 0 Å². The molecule has 1 rings (SSSR count). The normalized spacial score (nSPS) is 11.4. The van der Waals surface area contributed by atoms with Crippen LogP contribution in [-0.2, 0) is 11.2 Å². The van der Waals surface area contributed by atoms with Crippen molar-refractivity contribution in [3.05, 3.63) is 22.2 Å². The van der Waals surface area contributed by atoms with Crippen molar-refractivity contribution in [1.82, 2.24) is 0 Å². The van der Waals surface area contributed by atoms with Gasteiger partial charge in [-0.25, -0.2) is 0 Å². The number of phenolic OH excluding ortho intramolecular Hbond substituents is 1. The number of carboxylic acid groups (broad SMARTS) is 1. The van der Waals surface area contributed by atoms with Crippen molar-refractivity contribution < 1.29 is 19.7 Å². The van der Waals surface area contributed by atoms with Gasteiger partial charge in [0.05, 0.1) is 17.5 Å². The zero-order chi connectivity index (χ0) is 14.1. The van der Waals surface area contributed by atoms with Gasteiger partial charge in [0, 0.05) is 0 Å². The average Bonchev–Trinajstić information content (AvgIpc) is 2.24. The number of benzene rings is 1. The maximum Gasteiger partial charge on any atom is 0.309 e. The summed E-state index contributed by atoms with van der Waals surface area (Å²) in [5, 5.41) is 19.1. The quantitative estimate of drug-likeness (QED) is 0.884. The van der Waals surface area contributed by atoms with Crippen molar-refractivity contribution in [2.45, 2.75) is 27.2 Å². The van der Waals surface area contributed by atoms with E-state index in [0.29, 0.717) is 5.56 Å². The van der Waals surface area contributed by atoms with Gasteiger partial charge in [0.25, 0.3) is 0 Å². The molecule has 100 valence electrons. The smallest absolute Gasteiger partial charge is 0.309 e. The molecule has 0 bridgehead atoms. The number of hydrogen-bond donors (Lipinski definition) is 2. The fourth-order valence-corrected chi connectivity index (χ4v) is 2.10. The van der Waals surface area contributed by atoms with Crippen molar-refractivity contribution in [2.24, 2.45) is 5.41 Å². The van der Waals surface area contributed by atoms with Crippen LogP contribution < -0.4 is 4.74 Å². The molecular weight excluding hydrogens is 256 g/mol. The van der Waals surface area contributed by atoms with Crippen LogP contribution in [0, 0.1) is 12.3 Å². The van der Waals surface area contributed by atoms with Gasteiger partial charge in [-0.3, -0.25) is 4.79 Å².